The predicted molar refractivity (Wildman–Crippen MR) is 42.8 cm³/mol. The summed E-state index contributed by atoms with van der Waals surface area (Å²) >= 11 is 0. The smallest absolute Gasteiger partial charge is 0.222 e. The molecule has 10 heavy (non-hydrogen) atoms. The van der Waals surface area contributed by atoms with E-state index < -0.39 is 0 Å². The van der Waals surface area contributed by atoms with E-state index in [1.165, 1.54) is 6.42 Å². The maximum Gasteiger partial charge on any atom is 0.222 e. The van der Waals surface area contributed by atoms with Crippen molar-refractivity contribution in [3.63, 3.8) is 0 Å². The number of rotatable bonds is 1. The van der Waals surface area contributed by atoms with Gasteiger partial charge in [-0.15, -0.1) is 0 Å². The molecule has 0 atom stereocenters. The van der Waals surface area contributed by atoms with Crippen LogP contribution in [-0.2, 0) is 4.79 Å². The maximum atomic E-state index is 10.7. The van der Waals surface area contributed by atoms with E-state index in [9.17, 15) is 4.79 Å². The second-order valence-electron chi connectivity index (χ2n) is 2.24. The molecule has 2 heteroatoms. The number of hydrogen-bond donors (Lipinski definition) is 1. The van der Waals surface area contributed by atoms with Gasteiger partial charge in [0.25, 0.3) is 0 Å². The number of nitrogens with one attached hydrogen (secondary N) is 1. The van der Waals surface area contributed by atoms with Gasteiger partial charge in [0.05, 0.1) is 0 Å². The summed E-state index contributed by atoms with van der Waals surface area (Å²) in [6.07, 6.45) is 3.43. The van der Waals surface area contributed by atoms with E-state index in [0.717, 1.165) is 12.8 Å². The maximum absolute atomic E-state index is 10.7. The zero-order valence-electron chi connectivity index (χ0n) is 7.11. The van der Waals surface area contributed by atoms with Gasteiger partial charge in [-0.3, -0.25) is 4.79 Å². The molecule has 1 aliphatic rings. The minimum Gasteiger partial charge on any atom is -0.359 e. The number of carbonyl (C=O) groups is 1. The van der Waals surface area contributed by atoms with Crippen LogP contribution in [0.5, 0.6) is 0 Å². The van der Waals surface area contributed by atoms with Crippen LogP contribution in [0.1, 0.15) is 33.1 Å². The van der Waals surface area contributed by atoms with Gasteiger partial charge in [-0.2, -0.15) is 0 Å². The molecule has 0 spiro atoms. The number of hydrogen-bond acceptors (Lipinski definition) is 1. The van der Waals surface area contributed by atoms with Gasteiger partial charge in [0.1, 0.15) is 0 Å². The molecule has 0 aromatic heterocycles. The van der Waals surface area contributed by atoms with E-state index in [4.69, 9.17) is 0 Å². The first kappa shape index (κ1) is 9.47. The Morgan fingerprint density at radius 3 is 2.00 bits per heavy atom. The summed E-state index contributed by atoms with van der Waals surface area (Å²) in [5.41, 5.74) is 0. The van der Waals surface area contributed by atoms with E-state index >= 15 is 0 Å². The summed E-state index contributed by atoms with van der Waals surface area (Å²) in [7, 11) is 1.70. The minimum atomic E-state index is 0.219. The van der Waals surface area contributed by atoms with E-state index in [1.807, 2.05) is 13.8 Å². The van der Waals surface area contributed by atoms with Gasteiger partial charge in [0, 0.05) is 13.0 Å². The Hall–Kier alpha value is -0.530. The van der Waals surface area contributed by atoms with Crippen molar-refractivity contribution in [2.75, 3.05) is 7.05 Å². The third kappa shape index (κ3) is 2.38. The number of amides is 1. The quantitative estimate of drug-likeness (QED) is 0.593. The molecular formula is C8H17NO. The van der Waals surface area contributed by atoms with Gasteiger partial charge in [-0.1, -0.05) is 20.3 Å². The first-order valence-electron chi connectivity index (χ1n) is 4.06. The Labute approximate surface area is 63.0 Å². The highest BCUT2D eigenvalue weighted by Crippen LogP contribution is 2.25. The van der Waals surface area contributed by atoms with Gasteiger partial charge < -0.3 is 5.32 Å². The molecule has 0 aliphatic heterocycles. The van der Waals surface area contributed by atoms with Gasteiger partial charge in [-0.05, 0) is 12.8 Å². The summed E-state index contributed by atoms with van der Waals surface area (Å²) in [5, 5.41) is 2.63. The Bertz CT molecular complexity index is 97.4. The largest absolute Gasteiger partial charge is 0.359 e. The summed E-state index contributed by atoms with van der Waals surface area (Å²) in [4.78, 5) is 10.7. The lowest BCUT2D eigenvalue weighted by molar-refractivity contribution is -0.126. The predicted octanol–water partition coefficient (Wildman–Crippen LogP) is 1.56. The fraction of sp³-hybridized carbons (Fsp3) is 0.875. The zero-order chi connectivity index (χ0) is 7.98. The molecule has 1 saturated carbocycles. The highest BCUT2D eigenvalue weighted by molar-refractivity contribution is 5.78. The van der Waals surface area contributed by atoms with Crippen molar-refractivity contribution in [3.8, 4) is 0 Å². The second kappa shape index (κ2) is 5.27. The van der Waals surface area contributed by atoms with Crippen LogP contribution in [0.25, 0.3) is 0 Å². The van der Waals surface area contributed by atoms with Crippen molar-refractivity contribution in [2.45, 2.75) is 33.1 Å². The summed E-state index contributed by atoms with van der Waals surface area (Å²) < 4.78 is 0. The van der Waals surface area contributed by atoms with Crippen LogP contribution in [0, 0.1) is 5.92 Å². The molecule has 0 unspecified atom stereocenters. The molecule has 2 nitrogen and oxygen atoms in total. The SMILES string of the molecule is CC.CNC(=O)C1CCC1. The molecule has 0 bridgehead atoms. The van der Waals surface area contributed by atoms with Crippen molar-refractivity contribution in [1.82, 2.24) is 5.32 Å². The zero-order valence-corrected chi connectivity index (χ0v) is 7.11. The van der Waals surface area contributed by atoms with Crippen molar-refractivity contribution >= 4 is 5.91 Å². The summed E-state index contributed by atoms with van der Waals surface area (Å²) in [6, 6.07) is 0. The summed E-state index contributed by atoms with van der Waals surface area (Å²) in [5.74, 6) is 0.566. The van der Waals surface area contributed by atoms with Crippen LogP contribution in [0.3, 0.4) is 0 Å². The number of carbonyl (C=O) groups excluding carboxylic acids is 1. The molecule has 1 fully saturated rings. The van der Waals surface area contributed by atoms with Gasteiger partial charge in [0.15, 0.2) is 0 Å². The van der Waals surface area contributed by atoms with E-state index in [1.54, 1.807) is 7.05 Å². The summed E-state index contributed by atoms with van der Waals surface area (Å²) in [6.45, 7) is 4.00. The average molecular weight is 143 g/mol. The average Bonchev–Trinajstić information content (AvgIpc) is 1.89. The van der Waals surface area contributed by atoms with Crippen molar-refractivity contribution in [2.24, 2.45) is 5.92 Å². The Balaban J connectivity index is 0.000000371. The standard InChI is InChI=1S/C6H11NO.C2H6/c1-7-6(8)5-3-2-4-5;1-2/h5H,2-4H2,1H3,(H,7,8);1-2H3. The van der Waals surface area contributed by atoms with Crippen LogP contribution in [0.4, 0.5) is 0 Å². The topological polar surface area (TPSA) is 29.1 Å². The van der Waals surface area contributed by atoms with Crippen molar-refractivity contribution in [1.29, 1.82) is 0 Å². The van der Waals surface area contributed by atoms with Crippen LogP contribution in [-0.4, -0.2) is 13.0 Å². The fourth-order valence-electron chi connectivity index (χ4n) is 0.875. The Morgan fingerprint density at radius 1 is 1.40 bits per heavy atom. The minimum absolute atomic E-state index is 0.219. The Morgan fingerprint density at radius 2 is 1.90 bits per heavy atom. The first-order valence-corrected chi connectivity index (χ1v) is 4.06. The molecule has 1 N–H and O–H groups in total. The lowest BCUT2D eigenvalue weighted by Gasteiger charge is -2.22. The lowest BCUT2D eigenvalue weighted by atomic mass is 9.85. The van der Waals surface area contributed by atoms with Gasteiger partial charge in [-0.25, -0.2) is 0 Å². The molecule has 0 heterocycles. The second-order valence-corrected chi connectivity index (χ2v) is 2.24. The van der Waals surface area contributed by atoms with Crippen molar-refractivity contribution in [3.05, 3.63) is 0 Å². The third-order valence-electron chi connectivity index (χ3n) is 1.72. The van der Waals surface area contributed by atoms with Crippen LogP contribution in [0.2, 0.25) is 0 Å². The lowest BCUT2D eigenvalue weighted by Crippen LogP contribution is -2.31. The highest BCUT2D eigenvalue weighted by atomic mass is 16.1. The molecule has 1 amide bonds. The third-order valence-corrected chi connectivity index (χ3v) is 1.72. The highest BCUT2D eigenvalue weighted by Gasteiger charge is 2.23. The van der Waals surface area contributed by atoms with Crippen LogP contribution >= 0.6 is 0 Å². The fourth-order valence-corrected chi connectivity index (χ4v) is 0.875. The molecule has 0 aromatic carbocycles. The van der Waals surface area contributed by atoms with Crippen molar-refractivity contribution < 1.29 is 4.79 Å². The molecular weight excluding hydrogens is 126 g/mol. The van der Waals surface area contributed by atoms with Crippen LogP contribution < -0.4 is 5.32 Å². The van der Waals surface area contributed by atoms with E-state index in [0.29, 0.717) is 5.92 Å². The molecule has 60 valence electrons. The van der Waals surface area contributed by atoms with E-state index in [-0.39, 0.29) is 5.91 Å². The molecule has 0 radical (unpaired) electrons. The molecule has 1 rings (SSSR count). The molecule has 0 aromatic rings. The first-order chi connectivity index (χ1) is 4.84. The Kier molecular flexibility index (Phi) is 4.99. The normalized spacial score (nSPS) is 16.3. The van der Waals surface area contributed by atoms with E-state index in [2.05, 4.69) is 5.32 Å². The molecule has 0 saturated heterocycles. The van der Waals surface area contributed by atoms with Gasteiger partial charge >= 0.3 is 0 Å². The monoisotopic (exact) mass is 143 g/mol. The molecule has 1 aliphatic carbocycles. The van der Waals surface area contributed by atoms with Crippen LogP contribution in [0.15, 0.2) is 0 Å². The van der Waals surface area contributed by atoms with Gasteiger partial charge in [0.2, 0.25) is 5.91 Å².